The van der Waals surface area contributed by atoms with Crippen molar-refractivity contribution in [1.29, 1.82) is 0 Å². The molecule has 110 valence electrons. The van der Waals surface area contributed by atoms with Gasteiger partial charge in [0, 0.05) is 19.0 Å². The summed E-state index contributed by atoms with van der Waals surface area (Å²) >= 11 is 0. The predicted molar refractivity (Wildman–Crippen MR) is 72.5 cm³/mol. The molecular weight excluding hydrogens is 258 g/mol. The molecule has 1 fully saturated rings. The molecule has 1 aromatic heterocycles. The number of nitrogens with one attached hydrogen (secondary N) is 1. The molecule has 7 heteroatoms. The van der Waals surface area contributed by atoms with Crippen LogP contribution in [0.1, 0.15) is 33.0 Å². The first-order valence-electron chi connectivity index (χ1n) is 6.90. The molecule has 0 aromatic carbocycles. The van der Waals surface area contributed by atoms with E-state index < -0.39 is 0 Å². The van der Waals surface area contributed by atoms with Crippen molar-refractivity contribution in [2.75, 3.05) is 6.54 Å². The number of carbonyl (C=O) groups excluding carboxylic acids is 2. The number of amides is 2. The Morgan fingerprint density at radius 1 is 1.45 bits per heavy atom. The first-order valence-corrected chi connectivity index (χ1v) is 6.90. The van der Waals surface area contributed by atoms with Crippen LogP contribution in [0.5, 0.6) is 0 Å². The topological polar surface area (TPSA) is 80.1 Å². The highest BCUT2D eigenvalue weighted by atomic mass is 16.2. The van der Waals surface area contributed by atoms with E-state index in [1.54, 1.807) is 4.90 Å². The van der Waals surface area contributed by atoms with Crippen molar-refractivity contribution in [3.8, 4) is 0 Å². The minimum absolute atomic E-state index is 0.0570. The fourth-order valence-electron chi connectivity index (χ4n) is 2.28. The van der Waals surface area contributed by atoms with Crippen molar-refractivity contribution in [2.45, 2.75) is 46.3 Å². The van der Waals surface area contributed by atoms with Crippen molar-refractivity contribution in [3.05, 3.63) is 12.2 Å². The van der Waals surface area contributed by atoms with Gasteiger partial charge in [-0.25, -0.2) is 9.67 Å². The lowest BCUT2D eigenvalue weighted by Crippen LogP contribution is -2.39. The molecule has 20 heavy (non-hydrogen) atoms. The molecule has 2 heterocycles. The van der Waals surface area contributed by atoms with Crippen molar-refractivity contribution in [3.63, 3.8) is 0 Å². The molecule has 2 rings (SSSR count). The molecule has 0 saturated carbocycles. The maximum absolute atomic E-state index is 12.1. The Kier molecular flexibility index (Phi) is 4.36. The fourth-order valence-corrected chi connectivity index (χ4v) is 2.28. The molecule has 7 nitrogen and oxygen atoms in total. The quantitative estimate of drug-likeness (QED) is 0.852. The maximum atomic E-state index is 12.1. The zero-order chi connectivity index (χ0) is 14.7. The van der Waals surface area contributed by atoms with Gasteiger partial charge in [-0.2, -0.15) is 5.10 Å². The van der Waals surface area contributed by atoms with E-state index in [0.717, 1.165) is 12.4 Å². The lowest BCUT2D eigenvalue weighted by atomic mass is 10.2. The third kappa shape index (κ3) is 3.34. The van der Waals surface area contributed by atoms with Crippen LogP contribution in [0.15, 0.2) is 6.33 Å². The van der Waals surface area contributed by atoms with Gasteiger partial charge < -0.3 is 10.2 Å². The molecule has 0 spiro atoms. The summed E-state index contributed by atoms with van der Waals surface area (Å²) in [5, 5.41) is 6.80. The molecular formula is C13H21N5O2. The van der Waals surface area contributed by atoms with Gasteiger partial charge in [-0.1, -0.05) is 13.8 Å². The molecule has 1 aliphatic rings. The van der Waals surface area contributed by atoms with Crippen LogP contribution in [0.2, 0.25) is 0 Å². The summed E-state index contributed by atoms with van der Waals surface area (Å²) < 4.78 is 1.82. The number of aromatic nitrogens is 3. The monoisotopic (exact) mass is 279 g/mol. The van der Waals surface area contributed by atoms with E-state index in [2.05, 4.69) is 29.2 Å². The molecule has 2 amide bonds. The van der Waals surface area contributed by atoms with E-state index in [-0.39, 0.29) is 24.4 Å². The molecule has 1 saturated heterocycles. The van der Waals surface area contributed by atoms with Crippen LogP contribution in [0, 0.1) is 5.92 Å². The van der Waals surface area contributed by atoms with Crippen LogP contribution in [0.25, 0.3) is 0 Å². The van der Waals surface area contributed by atoms with Gasteiger partial charge in [0.2, 0.25) is 11.8 Å². The standard InChI is InChI=1S/C13H21N5O2/c1-9(2)6-18-11(15-8-16-18)7-17-10(3)4-12(19)14-5-13(17)20/h8-10H,4-7H2,1-3H3,(H,14,19). The van der Waals surface area contributed by atoms with Gasteiger partial charge in [0.05, 0.1) is 13.1 Å². The van der Waals surface area contributed by atoms with Gasteiger partial charge in [-0.05, 0) is 12.8 Å². The van der Waals surface area contributed by atoms with E-state index >= 15 is 0 Å². The average Bonchev–Trinajstić information content (AvgIpc) is 2.74. The Morgan fingerprint density at radius 2 is 2.20 bits per heavy atom. The molecule has 1 N–H and O–H groups in total. The Bertz CT molecular complexity index is 497. The lowest BCUT2D eigenvalue weighted by molar-refractivity contribution is -0.132. The van der Waals surface area contributed by atoms with Crippen molar-refractivity contribution < 1.29 is 9.59 Å². The van der Waals surface area contributed by atoms with Gasteiger partial charge >= 0.3 is 0 Å². The number of carbonyl (C=O) groups is 2. The smallest absolute Gasteiger partial charge is 0.242 e. The highest BCUT2D eigenvalue weighted by Crippen LogP contribution is 2.12. The van der Waals surface area contributed by atoms with Crippen LogP contribution in [-0.4, -0.2) is 44.1 Å². The average molecular weight is 279 g/mol. The number of nitrogens with zero attached hydrogens (tertiary/aromatic N) is 4. The van der Waals surface area contributed by atoms with Gasteiger partial charge in [0.1, 0.15) is 12.2 Å². The summed E-state index contributed by atoms with van der Waals surface area (Å²) in [6, 6.07) is -0.130. The van der Waals surface area contributed by atoms with E-state index in [9.17, 15) is 9.59 Å². The summed E-state index contributed by atoms with van der Waals surface area (Å²) in [6.07, 6.45) is 1.83. The van der Waals surface area contributed by atoms with Crippen LogP contribution in [0.3, 0.4) is 0 Å². The van der Waals surface area contributed by atoms with Gasteiger partial charge in [0.15, 0.2) is 0 Å². The maximum Gasteiger partial charge on any atom is 0.242 e. The largest absolute Gasteiger partial charge is 0.347 e. The summed E-state index contributed by atoms with van der Waals surface area (Å²) in [4.78, 5) is 29.5. The third-order valence-corrected chi connectivity index (χ3v) is 3.32. The van der Waals surface area contributed by atoms with Gasteiger partial charge in [0.25, 0.3) is 0 Å². The third-order valence-electron chi connectivity index (χ3n) is 3.32. The summed E-state index contributed by atoms with van der Waals surface area (Å²) in [5.41, 5.74) is 0. The molecule has 1 aromatic rings. The number of rotatable bonds is 4. The van der Waals surface area contributed by atoms with Crippen LogP contribution in [0.4, 0.5) is 0 Å². The second-order valence-electron chi connectivity index (χ2n) is 5.60. The van der Waals surface area contributed by atoms with E-state index in [1.165, 1.54) is 6.33 Å². The van der Waals surface area contributed by atoms with Crippen LogP contribution in [-0.2, 0) is 22.7 Å². The van der Waals surface area contributed by atoms with E-state index in [1.807, 2.05) is 11.6 Å². The van der Waals surface area contributed by atoms with Crippen molar-refractivity contribution in [1.82, 2.24) is 25.0 Å². The molecule has 1 aliphatic heterocycles. The second-order valence-corrected chi connectivity index (χ2v) is 5.60. The Morgan fingerprint density at radius 3 is 2.90 bits per heavy atom. The molecule has 0 radical (unpaired) electrons. The molecule has 0 aliphatic carbocycles. The zero-order valence-corrected chi connectivity index (χ0v) is 12.2. The van der Waals surface area contributed by atoms with Crippen LogP contribution >= 0.6 is 0 Å². The SMILES string of the molecule is CC(C)Cn1ncnc1CN1C(=O)CNC(=O)CC1C. The predicted octanol–water partition coefficient (Wildman–Crippen LogP) is 0.171. The molecule has 0 bridgehead atoms. The van der Waals surface area contributed by atoms with Crippen molar-refractivity contribution >= 4 is 11.8 Å². The number of hydrogen-bond acceptors (Lipinski definition) is 4. The Hall–Kier alpha value is -1.92. The first-order chi connectivity index (χ1) is 9.47. The minimum atomic E-state index is -0.130. The lowest BCUT2D eigenvalue weighted by Gasteiger charge is -2.26. The van der Waals surface area contributed by atoms with Gasteiger partial charge in [-0.3, -0.25) is 9.59 Å². The van der Waals surface area contributed by atoms with E-state index in [4.69, 9.17) is 0 Å². The number of hydrogen-bond donors (Lipinski definition) is 1. The normalized spacial score (nSPS) is 20.2. The molecule has 1 unspecified atom stereocenters. The Labute approximate surface area is 118 Å². The zero-order valence-electron chi connectivity index (χ0n) is 12.2. The second kappa shape index (κ2) is 6.02. The van der Waals surface area contributed by atoms with E-state index in [0.29, 0.717) is 18.9 Å². The highest BCUT2D eigenvalue weighted by molar-refractivity contribution is 5.87. The fraction of sp³-hybridized carbons (Fsp3) is 0.692. The highest BCUT2D eigenvalue weighted by Gasteiger charge is 2.27. The van der Waals surface area contributed by atoms with Gasteiger partial charge in [-0.15, -0.1) is 0 Å². The Balaban J connectivity index is 2.13. The summed E-state index contributed by atoms with van der Waals surface area (Å²) in [7, 11) is 0. The first kappa shape index (κ1) is 14.5. The summed E-state index contributed by atoms with van der Waals surface area (Å²) in [6.45, 7) is 7.31. The van der Waals surface area contributed by atoms with Crippen molar-refractivity contribution in [2.24, 2.45) is 5.92 Å². The minimum Gasteiger partial charge on any atom is -0.347 e. The molecule has 1 atom stereocenters. The summed E-state index contributed by atoms with van der Waals surface area (Å²) in [5.74, 6) is 1.05. The van der Waals surface area contributed by atoms with Crippen LogP contribution < -0.4 is 5.32 Å².